The summed E-state index contributed by atoms with van der Waals surface area (Å²) in [5, 5.41) is 9.49. The van der Waals surface area contributed by atoms with E-state index < -0.39 is 0 Å². The van der Waals surface area contributed by atoms with E-state index in [1.165, 1.54) is 0 Å². The quantitative estimate of drug-likeness (QED) is 0.579. The van der Waals surface area contributed by atoms with Crippen LogP contribution >= 0.6 is 0 Å². The zero-order valence-corrected chi connectivity index (χ0v) is 14.3. The van der Waals surface area contributed by atoms with Gasteiger partial charge in [-0.25, -0.2) is 0 Å². The smallest absolute Gasteiger partial charge is 0.224 e. The fourth-order valence-corrected chi connectivity index (χ4v) is 1.93. The topological polar surface area (TPSA) is 65.5 Å². The number of nitrogens with one attached hydrogen (secondary N) is 3. The summed E-state index contributed by atoms with van der Waals surface area (Å²) >= 11 is 0. The molecule has 1 aromatic rings. The largest absolute Gasteiger partial charge is 0.352 e. The van der Waals surface area contributed by atoms with Crippen LogP contribution in [0.15, 0.2) is 29.3 Å². The third-order valence-corrected chi connectivity index (χ3v) is 2.86. The maximum absolute atomic E-state index is 11.6. The summed E-state index contributed by atoms with van der Waals surface area (Å²) in [6.45, 7) is 8.90. The van der Waals surface area contributed by atoms with Gasteiger partial charge in [-0.3, -0.25) is 9.79 Å². The number of carbonyl (C=O) groups is 1. The lowest BCUT2D eigenvalue weighted by Crippen LogP contribution is -2.47. The van der Waals surface area contributed by atoms with Crippen LogP contribution in [-0.2, 0) is 11.3 Å². The summed E-state index contributed by atoms with van der Waals surface area (Å²) in [5.74, 6) is 0.811. The van der Waals surface area contributed by atoms with Gasteiger partial charge in [0.2, 0.25) is 5.91 Å². The SMILES string of the molecule is CCCC(=O)Nc1cccc(CNC(=NC)NC(C)(C)C)c1. The fourth-order valence-electron chi connectivity index (χ4n) is 1.93. The van der Waals surface area contributed by atoms with Crippen molar-refractivity contribution < 1.29 is 4.79 Å². The van der Waals surface area contributed by atoms with E-state index in [-0.39, 0.29) is 11.4 Å². The monoisotopic (exact) mass is 304 g/mol. The summed E-state index contributed by atoms with van der Waals surface area (Å²) in [6, 6.07) is 7.84. The molecule has 0 radical (unpaired) electrons. The molecule has 0 fully saturated rings. The van der Waals surface area contributed by atoms with Crippen LogP contribution in [0.3, 0.4) is 0 Å². The number of aliphatic imine (C=N–C) groups is 1. The van der Waals surface area contributed by atoms with Crippen LogP contribution in [-0.4, -0.2) is 24.5 Å². The van der Waals surface area contributed by atoms with Crippen LogP contribution in [0.5, 0.6) is 0 Å². The fraction of sp³-hybridized carbons (Fsp3) is 0.529. The minimum atomic E-state index is -0.0438. The average molecular weight is 304 g/mol. The Hall–Kier alpha value is -2.04. The maximum Gasteiger partial charge on any atom is 0.224 e. The first-order valence-electron chi connectivity index (χ1n) is 7.71. The molecule has 3 N–H and O–H groups in total. The van der Waals surface area contributed by atoms with Gasteiger partial charge in [-0.15, -0.1) is 0 Å². The molecule has 1 amide bonds. The second-order valence-corrected chi connectivity index (χ2v) is 6.30. The number of carbonyl (C=O) groups excluding carboxylic acids is 1. The van der Waals surface area contributed by atoms with E-state index in [4.69, 9.17) is 0 Å². The Morgan fingerprint density at radius 1 is 1.27 bits per heavy atom. The van der Waals surface area contributed by atoms with Crippen LogP contribution in [0.4, 0.5) is 5.69 Å². The molecule has 1 aromatic carbocycles. The Morgan fingerprint density at radius 2 is 2.00 bits per heavy atom. The molecule has 0 atom stereocenters. The summed E-state index contributed by atoms with van der Waals surface area (Å²) in [5.41, 5.74) is 1.88. The highest BCUT2D eigenvalue weighted by molar-refractivity contribution is 5.90. The summed E-state index contributed by atoms with van der Waals surface area (Å²) in [6.07, 6.45) is 1.40. The molecular formula is C17H28N4O. The lowest BCUT2D eigenvalue weighted by molar-refractivity contribution is -0.116. The van der Waals surface area contributed by atoms with Crippen LogP contribution in [0.2, 0.25) is 0 Å². The normalized spacial score (nSPS) is 12.0. The molecule has 0 saturated heterocycles. The van der Waals surface area contributed by atoms with E-state index in [0.717, 1.165) is 23.6 Å². The Balaban J connectivity index is 2.61. The van der Waals surface area contributed by atoms with Gasteiger partial charge < -0.3 is 16.0 Å². The van der Waals surface area contributed by atoms with Gasteiger partial charge in [0, 0.05) is 31.2 Å². The molecule has 0 aliphatic rings. The highest BCUT2D eigenvalue weighted by Crippen LogP contribution is 2.11. The minimum absolute atomic E-state index is 0.0438. The summed E-state index contributed by atoms with van der Waals surface area (Å²) in [7, 11) is 1.75. The van der Waals surface area contributed by atoms with E-state index in [0.29, 0.717) is 13.0 Å². The molecule has 5 heteroatoms. The van der Waals surface area contributed by atoms with E-state index in [2.05, 4.69) is 41.7 Å². The van der Waals surface area contributed by atoms with Gasteiger partial charge in [-0.1, -0.05) is 19.1 Å². The van der Waals surface area contributed by atoms with Crippen molar-refractivity contribution in [3.8, 4) is 0 Å². The molecule has 0 unspecified atom stereocenters. The lowest BCUT2D eigenvalue weighted by atomic mass is 10.1. The molecule has 0 aliphatic heterocycles. The van der Waals surface area contributed by atoms with Gasteiger partial charge in [0.1, 0.15) is 0 Å². The summed E-state index contributed by atoms with van der Waals surface area (Å²) < 4.78 is 0. The van der Waals surface area contributed by atoms with Crippen molar-refractivity contribution in [2.75, 3.05) is 12.4 Å². The molecule has 22 heavy (non-hydrogen) atoms. The van der Waals surface area contributed by atoms with Crippen LogP contribution in [0.1, 0.15) is 46.1 Å². The Bertz CT molecular complexity index is 518. The second kappa shape index (κ2) is 8.41. The molecule has 0 aliphatic carbocycles. The first-order valence-corrected chi connectivity index (χ1v) is 7.71. The third-order valence-electron chi connectivity index (χ3n) is 2.86. The zero-order chi connectivity index (χ0) is 16.6. The molecule has 122 valence electrons. The van der Waals surface area contributed by atoms with Gasteiger partial charge in [0.05, 0.1) is 0 Å². The number of rotatable bonds is 5. The predicted octanol–water partition coefficient (Wildman–Crippen LogP) is 2.89. The number of hydrogen-bond donors (Lipinski definition) is 3. The first-order chi connectivity index (χ1) is 10.3. The van der Waals surface area contributed by atoms with E-state index >= 15 is 0 Å². The molecule has 1 rings (SSSR count). The van der Waals surface area contributed by atoms with Crippen molar-refractivity contribution in [1.82, 2.24) is 10.6 Å². The first kappa shape index (κ1) is 18.0. The molecular weight excluding hydrogens is 276 g/mol. The highest BCUT2D eigenvalue weighted by atomic mass is 16.1. The van der Waals surface area contributed by atoms with Crippen molar-refractivity contribution >= 4 is 17.6 Å². The average Bonchev–Trinajstić information content (AvgIpc) is 2.43. The van der Waals surface area contributed by atoms with Crippen molar-refractivity contribution in [1.29, 1.82) is 0 Å². The van der Waals surface area contributed by atoms with Gasteiger partial charge >= 0.3 is 0 Å². The number of anilines is 1. The van der Waals surface area contributed by atoms with Crippen molar-refractivity contribution in [2.24, 2.45) is 4.99 Å². The maximum atomic E-state index is 11.6. The number of benzene rings is 1. The van der Waals surface area contributed by atoms with Gasteiger partial charge in [-0.05, 0) is 44.9 Å². The standard InChI is InChI=1S/C17H28N4O/c1-6-8-15(22)20-14-10-7-9-13(11-14)12-19-16(18-5)21-17(2,3)4/h7,9-11H,6,8,12H2,1-5H3,(H,20,22)(H2,18,19,21). The second-order valence-electron chi connectivity index (χ2n) is 6.30. The number of nitrogens with zero attached hydrogens (tertiary/aromatic N) is 1. The highest BCUT2D eigenvalue weighted by Gasteiger charge is 2.11. The van der Waals surface area contributed by atoms with Crippen LogP contribution in [0.25, 0.3) is 0 Å². The van der Waals surface area contributed by atoms with Gasteiger partial charge in [0.15, 0.2) is 5.96 Å². The van der Waals surface area contributed by atoms with Gasteiger partial charge in [-0.2, -0.15) is 0 Å². The van der Waals surface area contributed by atoms with Crippen molar-refractivity contribution in [3.63, 3.8) is 0 Å². The Morgan fingerprint density at radius 3 is 2.59 bits per heavy atom. The third kappa shape index (κ3) is 7.11. The molecule has 0 spiro atoms. The van der Waals surface area contributed by atoms with Gasteiger partial charge in [0.25, 0.3) is 0 Å². The predicted molar refractivity (Wildman–Crippen MR) is 93.1 cm³/mol. The van der Waals surface area contributed by atoms with E-state index in [1.54, 1.807) is 7.05 Å². The minimum Gasteiger partial charge on any atom is -0.352 e. The van der Waals surface area contributed by atoms with Crippen LogP contribution < -0.4 is 16.0 Å². The van der Waals surface area contributed by atoms with Crippen molar-refractivity contribution in [2.45, 2.75) is 52.6 Å². The Kier molecular flexibility index (Phi) is 6.89. The van der Waals surface area contributed by atoms with E-state index in [1.807, 2.05) is 31.2 Å². The van der Waals surface area contributed by atoms with Crippen molar-refractivity contribution in [3.05, 3.63) is 29.8 Å². The molecule has 0 heterocycles. The number of guanidine groups is 1. The molecule has 0 saturated carbocycles. The number of amides is 1. The molecule has 5 nitrogen and oxygen atoms in total. The number of hydrogen-bond acceptors (Lipinski definition) is 2. The van der Waals surface area contributed by atoms with Crippen LogP contribution in [0, 0.1) is 0 Å². The Labute approximate surface area is 133 Å². The molecule has 0 bridgehead atoms. The van der Waals surface area contributed by atoms with E-state index in [9.17, 15) is 4.79 Å². The zero-order valence-electron chi connectivity index (χ0n) is 14.3. The summed E-state index contributed by atoms with van der Waals surface area (Å²) in [4.78, 5) is 15.8. The lowest BCUT2D eigenvalue weighted by Gasteiger charge is -2.23. The molecule has 0 aromatic heterocycles.